The molecule has 3 heteroatoms. The minimum absolute atomic E-state index is 0.321. The average molecular weight is 516 g/mol. The van der Waals surface area contributed by atoms with Crippen LogP contribution in [0.15, 0.2) is 48.0 Å². The van der Waals surface area contributed by atoms with Crippen molar-refractivity contribution < 1.29 is 19.4 Å². The van der Waals surface area contributed by atoms with Crippen LogP contribution in [0.25, 0.3) is 17.2 Å². The number of fused-ring (bicyclic) bond motifs is 1. The molecule has 5 aliphatic rings. The average Bonchev–Trinajstić information content (AvgIpc) is 3.12. The molecule has 0 amide bonds. The first kappa shape index (κ1) is 20.3. The number of rotatable bonds is 4. The monoisotopic (exact) mass is 513 g/mol. The summed E-state index contributed by atoms with van der Waals surface area (Å²) in [5.41, 5.74) is 8.93. The molecule has 1 atom stereocenters. The molecule has 5 aliphatic carbocycles. The number of allylic oxidation sites excluding steroid dienone is 1. The number of hydrogen-bond acceptors (Lipinski definition) is 0. The summed E-state index contributed by atoms with van der Waals surface area (Å²) in [5, 5.41) is 0. The van der Waals surface area contributed by atoms with Crippen LogP contribution in [0.5, 0.6) is 0 Å². The molecule has 0 radical (unpaired) electrons. The van der Waals surface area contributed by atoms with Crippen LogP contribution < -0.4 is 0 Å². The second-order valence-corrected chi connectivity index (χ2v) is 19.2. The van der Waals surface area contributed by atoms with Gasteiger partial charge in [0.1, 0.15) is 0 Å². The summed E-state index contributed by atoms with van der Waals surface area (Å²) in [6.07, 6.45) is 12.2. The number of halogens is 2. The molecule has 30 heavy (non-hydrogen) atoms. The molecule has 0 aromatic heterocycles. The Morgan fingerprint density at radius 1 is 0.900 bits per heavy atom. The van der Waals surface area contributed by atoms with Crippen LogP contribution in [0.4, 0.5) is 0 Å². The van der Waals surface area contributed by atoms with Crippen molar-refractivity contribution in [3.8, 4) is 11.1 Å². The van der Waals surface area contributed by atoms with Crippen LogP contribution in [0.1, 0.15) is 72.2 Å². The van der Waals surface area contributed by atoms with E-state index in [9.17, 15) is 0 Å². The molecular weight excluding hydrogens is 486 g/mol. The predicted molar refractivity (Wildman–Crippen MR) is 124 cm³/mol. The van der Waals surface area contributed by atoms with Gasteiger partial charge in [-0.25, -0.2) is 0 Å². The summed E-state index contributed by atoms with van der Waals surface area (Å²) in [6, 6.07) is 16.4. The zero-order valence-electron chi connectivity index (χ0n) is 17.6. The molecule has 0 spiro atoms. The van der Waals surface area contributed by atoms with Gasteiger partial charge in [-0.1, -0.05) is 0 Å². The van der Waals surface area contributed by atoms with Gasteiger partial charge in [-0.15, -0.1) is 0 Å². The Labute approximate surface area is 195 Å². The Morgan fingerprint density at radius 3 is 2.10 bits per heavy atom. The third kappa shape index (κ3) is 3.17. The zero-order chi connectivity index (χ0) is 20.5. The molecule has 0 saturated heterocycles. The van der Waals surface area contributed by atoms with Crippen molar-refractivity contribution in [2.75, 3.05) is 0 Å². The van der Waals surface area contributed by atoms with Crippen LogP contribution in [0, 0.1) is 17.8 Å². The predicted octanol–water partition coefficient (Wildman–Crippen LogP) is 8.60. The standard InChI is InChI=1S/C27H29.2ClH.Zr/c1-2-18-13-23-4-3-5-25(26(23)14-18)22-6-8-24(9-7-22)27-15-19-10-20(16-27)12-21(11-19)17-27;;;/h3-9,13-14,19-21H,2,10-12,15-17H2,1H3;2*1H;/q;;;+2/p-2. The second-order valence-electron chi connectivity index (χ2n) is 10.4. The summed E-state index contributed by atoms with van der Waals surface area (Å²) in [6.45, 7) is 2.23. The van der Waals surface area contributed by atoms with Gasteiger partial charge < -0.3 is 0 Å². The molecule has 0 nitrogen and oxygen atoms in total. The van der Waals surface area contributed by atoms with E-state index >= 15 is 0 Å². The van der Waals surface area contributed by atoms with Crippen molar-refractivity contribution in [3.05, 3.63) is 64.7 Å². The first-order chi connectivity index (χ1) is 14.6. The quantitative estimate of drug-likeness (QED) is 0.382. The van der Waals surface area contributed by atoms with Gasteiger partial charge in [0.25, 0.3) is 0 Å². The summed E-state index contributed by atoms with van der Waals surface area (Å²) in [7, 11) is 13.2. The Morgan fingerprint density at radius 2 is 1.53 bits per heavy atom. The first-order valence-corrected chi connectivity index (χ1v) is 19.4. The van der Waals surface area contributed by atoms with Gasteiger partial charge in [-0.2, -0.15) is 0 Å². The van der Waals surface area contributed by atoms with Gasteiger partial charge >= 0.3 is 197 Å². The van der Waals surface area contributed by atoms with E-state index in [-0.39, 0.29) is 0 Å². The molecule has 4 fully saturated rings. The Kier molecular flexibility index (Phi) is 5.14. The summed E-state index contributed by atoms with van der Waals surface area (Å²) < 4.78 is 0.321. The van der Waals surface area contributed by atoms with E-state index in [4.69, 9.17) is 17.0 Å². The topological polar surface area (TPSA) is 0 Å². The number of hydrogen-bond donors (Lipinski definition) is 0. The van der Waals surface area contributed by atoms with E-state index in [0.29, 0.717) is 9.04 Å². The third-order valence-electron chi connectivity index (χ3n) is 8.62. The maximum atomic E-state index is 6.58. The second kappa shape index (κ2) is 7.61. The van der Waals surface area contributed by atoms with E-state index in [0.717, 1.165) is 24.2 Å². The van der Waals surface area contributed by atoms with E-state index in [2.05, 4.69) is 55.5 Å². The van der Waals surface area contributed by atoms with Crippen LogP contribution in [-0.2, 0) is 24.8 Å². The normalized spacial score (nSPS) is 33.5. The van der Waals surface area contributed by atoms with Crippen LogP contribution in [0.2, 0.25) is 0 Å². The Balaban J connectivity index is 1.36. The third-order valence-corrected chi connectivity index (χ3v) is 14.0. The van der Waals surface area contributed by atoms with Gasteiger partial charge in [-0.3, -0.25) is 0 Å². The van der Waals surface area contributed by atoms with Crippen LogP contribution in [0.3, 0.4) is 0 Å². The van der Waals surface area contributed by atoms with Gasteiger partial charge in [-0.05, 0) is 0 Å². The molecular formula is C27H29Cl2Zr. The molecule has 7 rings (SSSR count). The van der Waals surface area contributed by atoms with Crippen molar-refractivity contribution in [1.29, 1.82) is 0 Å². The van der Waals surface area contributed by atoms with Gasteiger partial charge in [0, 0.05) is 0 Å². The molecule has 2 aromatic rings. The summed E-state index contributed by atoms with van der Waals surface area (Å²) in [5.74, 6) is 2.98. The maximum absolute atomic E-state index is 6.58. The molecule has 4 saturated carbocycles. The molecule has 1 unspecified atom stereocenters. The van der Waals surface area contributed by atoms with E-state index < -0.39 is 19.4 Å². The Bertz CT molecular complexity index is 969. The molecule has 155 valence electrons. The van der Waals surface area contributed by atoms with Gasteiger partial charge in [0.2, 0.25) is 0 Å². The summed E-state index contributed by atoms with van der Waals surface area (Å²) >= 11 is -2.41. The zero-order valence-corrected chi connectivity index (χ0v) is 21.6. The van der Waals surface area contributed by atoms with E-state index in [1.807, 2.05) is 0 Å². The molecule has 0 aliphatic heterocycles. The van der Waals surface area contributed by atoms with Gasteiger partial charge in [0.15, 0.2) is 0 Å². The molecule has 0 N–H and O–H groups in total. The number of benzene rings is 2. The Hall–Kier alpha value is -0.357. The van der Waals surface area contributed by atoms with Gasteiger partial charge in [0.05, 0.1) is 0 Å². The molecule has 0 heterocycles. The SMILES string of the molecule is CCC1=Cc2c(-c3ccc(C45CC6CC(CC(C6)C4)C5)cc3)cccc2[CH]1[Zr]([Cl])[Cl]. The van der Waals surface area contributed by atoms with Crippen molar-refractivity contribution in [2.45, 2.75) is 60.9 Å². The minimum atomic E-state index is -2.41. The fraction of sp³-hybridized carbons (Fsp3) is 0.481. The van der Waals surface area contributed by atoms with Crippen LogP contribution >= 0.6 is 17.0 Å². The molecule has 2 aromatic carbocycles. The van der Waals surface area contributed by atoms with Crippen molar-refractivity contribution in [3.63, 3.8) is 0 Å². The van der Waals surface area contributed by atoms with Crippen molar-refractivity contribution >= 4 is 23.1 Å². The summed E-state index contributed by atoms with van der Waals surface area (Å²) in [4.78, 5) is 0. The molecule has 4 bridgehead atoms. The van der Waals surface area contributed by atoms with Crippen LogP contribution in [-0.4, -0.2) is 0 Å². The van der Waals surface area contributed by atoms with Crippen molar-refractivity contribution in [2.24, 2.45) is 17.8 Å². The van der Waals surface area contributed by atoms with Crippen molar-refractivity contribution in [1.82, 2.24) is 0 Å². The fourth-order valence-corrected chi connectivity index (χ4v) is 13.4. The fourth-order valence-electron chi connectivity index (χ4n) is 7.75. The van der Waals surface area contributed by atoms with E-state index in [1.165, 1.54) is 66.4 Å². The van der Waals surface area contributed by atoms with E-state index in [1.54, 1.807) is 5.56 Å². The first-order valence-electron chi connectivity index (χ1n) is 11.7.